The first-order chi connectivity index (χ1) is 15.8. The maximum atomic E-state index is 13.5. The smallest absolute Gasteiger partial charge is 0.264 e. The van der Waals surface area contributed by atoms with Crippen LogP contribution in [0.4, 0.5) is 11.4 Å². The molecule has 0 fully saturated rings. The monoisotopic (exact) mass is 532 g/mol. The Kier molecular flexibility index (Phi) is 8.49. The zero-order chi connectivity index (χ0) is 23.8. The van der Waals surface area contributed by atoms with Crippen LogP contribution in [-0.2, 0) is 26.2 Å². The highest BCUT2D eigenvalue weighted by atomic mass is 79.9. The molecule has 0 heterocycles. The van der Waals surface area contributed by atoms with Gasteiger partial charge in [0.1, 0.15) is 12.3 Å². The van der Waals surface area contributed by atoms with Crippen LogP contribution in [0, 0.1) is 0 Å². The number of amides is 1. The molecule has 33 heavy (non-hydrogen) atoms. The van der Waals surface area contributed by atoms with E-state index in [4.69, 9.17) is 9.47 Å². The van der Waals surface area contributed by atoms with Crippen molar-refractivity contribution < 1.29 is 22.7 Å². The predicted molar refractivity (Wildman–Crippen MR) is 132 cm³/mol. The van der Waals surface area contributed by atoms with Gasteiger partial charge in [0.05, 0.1) is 23.8 Å². The Morgan fingerprint density at radius 3 is 2.36 bits per heavy atom. The number of methoxy groups -OCH3 is 1. The lowest BCUT2D eigenvalue weighted by Crippen LogP contribution is -2.38. The normalized spacial score (nSPS) is 11.1. The molecule has 1 N–H and O–H groups in total. The van der Waals surface area contributed by atoms with Gasteiger partial charge in [-0.3, -0.25) is 9.10 Å². The number of benzene rings is 3. The van der Waals surface area contributed by atoms with Crippen molar-refractivity contribution in [2.45, 2.75) is 18.4 Å². The van der Waals surface area contributed by atoms with Gasteiger partial charge in [-0.15, -0.1) is 0 Å². The van der Waals surface area contributed by atoms with Crippen LogP contribution in [-0.4, -0.2) is 34.6 Å². The average Bonchev–Trinajstić information content (AvgIpc) is 2.79. The van der Waals surface area contributed by atoms with Gasteiger partial charge < -0.3 is 14.8 Å². The summed E-state index contributed by atoms with van der Waals surface area (Å²) < 4.78 is 39.3. The molecule has 0 aliphatic heterocycles. The van der Waals surface area contributed by atoms with Crippen molar-refractivity contribution in [2.75, 3.05) is 29.9 Å². The molecule has 9 heteroatoms. The molecule has 3 aromatic rings. The second-order valence-electron chi connectivity index (χ2n) is 7.07. The Morgan fingerprint density at radius 2 is 1.73 bits per heavy atom. The number of rotatable bonds is 10. The topological polar surface area (TPSA) is 84.9 Å². The van der Waals surface area contributed by atoms with Gasteiger partial charge in [-0.05, 0) is 73.2 Å². The molecule has 0 bridgehead atoms. The molecule has 0 radical (unpaired) electrons. The molecule has 0 unspecified atom stereocenters. The molecule has 0 saturated carbocycles. The molecule has 7 nitrogen and oxygen atoms in total. The summed E-state index contributed by atoms with van der Waals surface area (Å²) in [6.07, 6.45) is 0. The summed E-state index contributed by atoms with van der Waals surface area (Å²) in [7, 11) is -2.42. The van der Waals surface area contributed by atoms with Gasteiger partial charge >= 0.3 is 0 Å². The number of ether oxygens (including phenoxy) is 2. The minimum Gasteiger partial charge on any atom is -0.494 e. The van der Waals surface area contributed by atoms with E-state index in [1.54, 1.807) is 61.7 Å². The van der Waals surface area contributed by atoms with E-state index in [1.807, 2.05) is 13.0 Å². The summed E-state index contributed by atoms with van der Waals surface area (Å²) in [5.41, 5.74) is 1.80. The van der Waals surface area contributed by atoms with Gasteiger partial charge in [-0.2, -0.15) is 0 Å². The van der Waals surface area contributed by atoms with Crippen LogP contribution in [0.1, 0.15) is 12.5 Å². The fraction of sp³-hybridized carbons (Fsp3) is 0.208. The molecular weight excluding hydrogens is 508 g/mol. The van der Waals surface area contributed by atoms with Crippen molar-refractivity contribution in [1.82, 2.24) is 0 Å². The first kappa shape index (κ1) is 24.8. The van der Waals surface area contributed by atoms with Crippen LogP contribution in [0.25, 0.3) is 0 Å². The van der Waals surface area contributed by atoms with Crippen molar-refractivity contribution in [3.8, 4) is 5.75 Å². The lowest BCUT2D eigenvalue weighted by atomic mass is 10.2. The molecular formula is C24H25BrN2O5S. The van der Waals surface area contributed by atoms with E-state index in [2.05, 4.69) is 21.2 Å². The van der Waals surface area contributed by atoms with Gasteiger partial charge in [0, 0.05) is 17.3 Å². The highest BCUT2D eigenvalue weighted by molar-refractivity contribution is 9.10. The second kappa shape index (κ2) is 11.3. The minimum atomic E-state index is -4.01. The summed E-state index contributed by atoms with van der Waals surface area (Å²) in [5, 5.41) is 2.77. The van der Waals surface area contributed by atoms with E-state index in [0.717, 1.165) is 14.3 Å². The summed E-state index contributed by atoms with van der Waals surface area (Å²) in [5.74, 6) is 0.140. The van der Waals surface area contributed by atoms with Gasteiger partial charge in [0.2, 0.25) is 5.91 Å². The number of anilines is 2. The van der Waals surface area contributed by atoms with Gasteiger partial charge in [0.25, 0.3) is 10.0 Å². The number of halogens is 1. The highest BCUT2D eigenvalue weighted by Crippen LogP contribution is 2.27. The number of nitrogens with zero attached hydrogens (tertiary/aromatic N) is 1. The number of carbonyl (C=O) groups excluding carboxylic acids is 1. The van der Waals surface area contributed by atoms with E-state index in [0.29, 0.717) is 30.3 Å². The fourth-order valence-electron chi connectivity index (χ4n) is 3.16. The van der Waals surface area contributed by atoms with E-state index < -0.39 is 22.5 Å². The summed E-state index contributed by atoms with van der Waals surface area (Å²) in [6.45, 7) is 2.36. The van der Waals surface area contributed by atoms with Gasteiger partial charge in [0.15, 0.2) is 0 Å². The third kappa shape index (κ3) is 6.56. The maximum absolute atomic E-state index is 13.5. The molecule has 0 atom stereocenters. The van der Waals surface area contributed by atoms with Crippen LogP contribution >= 0.6 is 15.9 Å². The number of nitrogens with one attached hydrogen (secondary N) is 1. The van der Waals surface area contributed by atoms with Crippen LogP contribution in [0.2, 0.25) is 0 Å². The second-order valence-corrected chi connectivity index (χ2v) is 9.85. The first-order valence-corrected chi connectivity index (χ1v) is 12.5. The first-order valence-electron chi connectivity index (χ1n) is 10.2. The summed E-state index contributed by atoms with van der Waals surface area (Å²) in [6, 6.07) is 20.1. The Hall–Kier alpha value is -2.88. The zero-order valence-electron chi connectivity index (χ0n) is 18.3. The average molecular weight is 533 g/mol. The number of hydrogen-bond acceptors (Lipinski definition) is 5. The Labute approximate surface area is 202 Å². The minimum absolute atomic E-state index is 0.0782. The van der Waals surface area contributed by atoms with E-state index in [1.165, 1.54) is 12.1 Å². The van der Waals surface area contributed by atoms with Crippen molar-refractivity contribution in [3.63, 3.8) is 0 Å². The van der Waals surface area contributed by atoms with Crippen LogP contribution in [0.5, 0.6) is 5.75 Å². The third-order valence-electron chi connectivity index (χ3n) is 4.65. The Balaban J connectivity index is 1.90. The Morgan fingerprint density at radius 1 is 1.03 bits per heavy atom. The standard InChI is InChI=1S/C24H25BrN2O5S/c1-3-32-22-11-9-21(10-12-22)27(33(29,30)23-13-7-19(25)8-14-23)16-24(28)26-20-6-4-5-18(15-20)17-31-2/h4-15H,3,16-17H2,1-2H3,(H,26,28). The molecule has 0 spiro atoms. The summed E-state index contributed by atoms with van der Waals surface area (Å²) >= 11 is 3.32. The molecule has 0 aromatic heterocycles. The quantitative estimate of drug-likeness (QED) is 0.404. The van der Waals surface area contributed by atoms with Crippen LogP contribution < -0.4 is 14.4 Å². The lowest BCUT2D eigenvalue weighted by molar-refractivity contribution is -0.114. The van der Waals surface area contributed by atoms with Crippen LogP contribution in [0.3, 0.4) is 0 Å². The molecule has 0 aliphatic rings. The van der Waals surface area contributed by atoms with Crippen LogP contribution in [0.15, 0.2) is 82.2 Å². The van der Waals surface area contributed by atoms with Crippen molar-refractivity contribution in [1.29, 1.82) is 0 Å². The maximum Gasteiger partial charge on any atom is 0.264 e. The van der Waals surface area contributed by atoms with E-state index in [9.17, 15) is 13.2 Å². The number of hydrogen-bond donors (Lipinski definition) is 1. The van der Waals surface area contributed by atoms with Crippen molar-refractivity contribution in [2.24, 2.45) is 0 Å². The molecule has 1 amide bonds. The van der Waals surface area contributed by atoms with Gasteiger partial charge in [-0.1, -0.05) is 28.1 Å². The lowest BCUT2D eigenvalue weighted by Gasteiger charge is -2.24. The largest absolute Gasteiger partial charge is 0.494 e. The fourth-order valence-corrected chi connectivity index (χ4v) is 4.85. The molecule has 0 aliphatic carbocycles. The zero-order valence-corrected chi connectivity index (χ0v) is 20.7. The third-order valence-corrected chi connectivity index (χ3v) is 6.96. The van der Waals surface area contributed by atoms with E-state index >= 15 is 0 Å². The molecule has 174 valence electrons. The number of carbonyl (C=O) groups is 1. The van der Waals surface area contributed by atoms with Crippen molar-refractivity contribution >= 4 is 43.2 Å². The molecule has 0 saturated heterocycles. The number of sulfonamides is 1. The predicted octanol–water partition coefficient (Wildman–Crippen LogP) is 4.83. The van der Waals surface area contributed by atoms with Gasteiger partial charge in [-0.25, -0.2) is 8.42 Å². The molecule has 3 rings (SSSR count). The van der Waals surface area contributed by atoms with Crippen molar-refractivity contribution in [3.05, 3.63) is 82.8 Å². The highest BCUT2D eigenvalue weighted by Gasteiger charge is 2.27. The van der Waals surface area contributed by atoms with E-state index in [-0.39, 0.29) is 4.90 Å². The summed E-state index contributed by atoms with van der Waals surface area (Å²) in [4.78, 5) is 13.0. The molecule has 3 aromatic carbocycles. The SMILES string of the molecule is CCOc1ccc(N(CC(=O)Nc2cccc(COC)c2)S(=O)(=O)c2ccc(Br)cc2)cc1. The Bertz CT molecular complexity index is 1180.